The highest BCUT2D eigenvalue weighted by Crippen LogP contribution is 2.20. The minimum Gasteiger partial charge on any atom is -0.480 e. The summed E-state index contributed by atoms with van der Waals surface area (Å²) in [5.41, 5.74) is 0. The van der Waals surface area contributed by atoms with Gasteiger partial charge in [-0.1, -0.05) is 0 Å². The molecule has 160 valence electrons. The first kappa shape index (κ1) is 21.5. The summed E-state index contributed by atoms with van der Waals surface area (Å²) >= 11 is 0.652. The van der Waals surface area contributed by atoms with Gasteiger partial charge in [0.05, 0.1) is 0 Å². The summed E-state index contributed by atoms with van der Waals surface area (Å²) in [6, 6.07) is -1.03. The molecule has 2 aliphatic rings. The molecule has 0 amide bonds. The Labute approximate surface area is 173 Å². The highest BCUT2D eigenvalue weighted by Gasteiger charge is 2.25. The lowest BCUT2D eigenvalue weighted by Gasteiger charge is -2.35. The van der Waals surface area contributed by atoms with Crippen LogP contribution in [0.2, 0.25) is 0 Å². The molecule has 13 heteroatoms. The SMILES string of the molecule is CN1CCN(c2nc(N[C@@H](CSN=O)C(=O)O)nc(N3CCN(C)CC3)n2)CC1. The fourth-order valence-corrected chi connectivity index (χ4v) is 3.59. The molecule has 2 fully saturated rings. The minimum atomic E-state index is -1.09. The summed E-state index contributed by atoms with van der Waals surface area (Å²) in [6.07, 6.45) is 0. The first-order chi connectivity index (χ1) is 14.0. The van der Waals surface area contributed by atoms with E-state index < -0.39 is 12.0 Å². The number of likely N-dealkylation sites (N-methyl/N-ethyl adjacent to an activating group) is 2. The lowest BCUT2D eigenvalue weighted by Crippen LogP contribution is -2.47. The number of aromatic nitrogens is 3. The van der Waals surface area contributed by atoms with Gasteiger partial charge in [-0.3, -0.25) is 0 Å². The van der Waals surface area contributed by atoms with Crippen LogP contribution in [0, 0.1) is 4.91 Å². The van der Waals surface area contributed by atoms with Gasteiger partial charge in [0.1, 0.15) is 6.04 Å². The van der Waals surface area contributed by atoms with Crippen LogP contribution in [0.25, 0.3) is 0 Å². The molecule has 0 spiro atoms. The Bertz CT molecular complexity index is 669. The highest BCUT2D eigenvalue weighted by molar-refractivity contribution is 7.97. The predicted molar refractivity (Wildman–Crippen MR) is 113 cm³/mol. The van der Waals surface area contributed by atoms with Crippen LogP contribution in [-0.2, 0) is 4.79 Å². The molecule has 0 radical (unpaired) electrons. The molecule has 29 heavy (non-hydrogen) atoms. The number of carboxylic acid groups (broad SMARTS) is 1. The van der Waals surface area contributed by atoms with Crippen LogP contribution in [0.15, 0.2) is 4.58 Å². The maximum absolute atomic E-state index is 11.5. The molecule has 0 saturated carbocycles. The molecular formula is C16H27N9O3S. The standard InChI is InChI=1S/C16H27N9O3S/c1-22-3-7-24(8-4-22)15-18-14(17-12(13(26)27)11-29-21-28)19-16(20-15)25-9-5-23(2)6-10-25/h12H,3-11H2,1-2H3,(H,26,27)(H,17,18,19,20)/t12-/m0/s1. The van der Waals surface area contributed by atoms with Gasteiger partial charge in [0, 0.05) is 74.6 Å². The topological polar surface area (TPSA) is 130 Å². The van der Waals surface area contributed by atoms with Gasteiger partial charge >= 0.3 is 5.97 Å². The Hall–Kier alpha value is -2.25. The normalized spacial score (nSPS) is 19.8. The zero-order valence-corrected chi connectivity index (χ0v) is 17.5. The van der Waals surface area contributed by atoms with Crippen molar-refractivity contribution in [3.8, 4) is 0 Å². The van der Waals surface area contributed by atoms with Crippen molar-refractivity contribution in [2.75, 3.05) is 87.3 Å². The molecule has 0 bridgehead atoms. The lowest BCUT2D eigenvalue weighted by molar-refractivity contribution is -0.137. The van der Waals surface area contributed by atoms with E-state index >= 15 is 0 Å². The zero-order valence-electron chi connectivity index (χ0n) is 16.7. The molecule has 1 atom stereocenters. The van der Waals surface area contributed by atoms with Crippen molar-refractivity contribution in [3.05, 3.63) is 4.91 Å². The van der Waals surface area contributed by atoms with Gasteiger partial charge in [-0.15, -0.1) is 4.91 Å². The Kier molecular flexibility index (Phi) is 7.39. The zero-order chi connectivity index (χ0) is 20.8. The summed E-state index contributed by atoms with van der Waals surface area (Å²) in [5, 5.41) is 12.3. The molecule has 0 unspecified atom stereocenters. The maximum Gasteiger partial charge on any atom is 0.327 e. The largest absolute Gasteiger partial charge is 0.480 e. The van der Waals surface area contributed by atoms with Crippen LogP contribution in [-0.4, -0.2) is 114 Å². The fourth-order valence-electron chi connectivity index (χ4n) is 3.15. The number of hydrogen-bond acceptors (Lipinski definition) is 12. The van der Waals surface area contributed by atoms with Crippen molar-refractivity contribution in [2.45, 2.75) is 6.04 Å². The maximum atomic E-state index is 11.5. The second-order valence-electron chi connectivity index (χ2n) is 7.25. The van der Waals surface area contributed by atoms with Crippen LogP contribution >= 0.6 is 11.9 Å². The number of nitroso groups, excluding NO2 is 1. The van der Waals surface area contributed by atoms with E-state index in [1.807, 2.05) is 0 Å². The number of piperazine rings is 2. The second kappa shape index (κ2) is 9.98. The molecule has 3 heterocycles. The van der Waals surface area contributed by atoms with E-state index in [2.05, 4.69) is 58.5 Å². The Morgan fingerprint density at radius 2 is 1.48 bits per heavy atom. The van der Waals surface area contributed by atoms with Gasteiger partial charge in [-0.2, -0.15) is 15.0 Å². The number of aliphatic carboxylic acids is 1. The number of hydrogen-bond donors (Lipinski definition) is 2. The first-order valence-electron chi connectivity index (χ1n) is 9.53. The van der Waals surface area contributed by atoms with Crippen molar-refractivity contribution in [1.82, 2.24) is 24.8 Å². The van der Waals surface area contributed by atoms with Crippen molar-refractivity contribution in [1.29, 1.82) is 0 Å². The van der Waals surface area contributed by atoms with E-state index in [-0.39, 0.29) is 11.7 Å². The second-order valence-corrected chi connectivity index (χ2v) is 7.99. The van der Waals surface area contributed by atoms with Gasteiger partial charge in [-0.25, -0.2) is 4.79 Å². The number of carboxylic acids is 1. The molecule has 3 rings (SSSR count). The van der Waals surface area contributed by atoms with Crippen LogP contribution in [0.4, 0.5) is 17.8 Å². The predicted octanol–water partition coefficient (Wildman–Crippen LogP) is -0.345. The number of nitrogens with zero attached hydrogens (tertiary/aromatic N) is 8. The van der Waals surface area contributed by atoms with E-state index in [0.29, 0.717) is 23.8 Å². The van der Waals surface area contributed by atoms with Crippen molar-refractivity contribution >= 4 is 35.8 Å². The summed E-state index contributed by atoms with van der Waals surface area (Å²) < 4.78 is 2.68. The third kappa shape index (κ3) is 5.87. The average Bonchev–Trinajstić information content (AvgIpc) is 2.71. The van der Waals surface area contributed by atoms with Gasteiger partial charge < -0.3 is 30.0 Å². The van der Waals surface area contributed by atoms with E-state index in [1.165, 1.54) is 0 Å². The van der Waals surface area contributed by atoms with E-state index in [1.54, 1.807) is 0 Å². The van der Waals surface area contributed by atoms with Crippen molar-refractivity contribution < 1.29 is 9.90 Å². The average molecular weight is 426 g/mol. The molecule has 12 nitrogen and oxygen atoms in total. The molecule has 2 aliphatic heterocycles. The number of rotatable bonds is 8. The molecule has 0 aliphatic carbocycles. The Balaban J connectivity index is 1.85. The molecule has 0 aromatic carbocycles. The molecule has 1 aromatic heterocycles. The van der Waals surface area contributed by atoms with Crippen LogP contribution < -0.4 is 15.1 Å². The monoisotopic (exact) mass is 425 g/mol. The number of nitrogens with one attached hydrogen (secondary N) is 1. The summed E-state index contributed by atoms with van der Waals surface area (Å²) in [5.74, 6) is 0.161. The third-order valence-electron chi connectivity index (χ3n) is 5.08. The lowest BCUT2D eigenvalue weighted by atomic mass is 10.3. The number of carbonyl (C=O) groups is 1. The van der Waals surface area contributed by atoms with E-state index in [9.17, 15) is 14.8 Å². The molecule has 2 N–H and O–H groups in total. The number of anilines is 3. The van der Waals surface area contributed by atoms with Crippen LogP contribution in [0.3, 0.4) is 0 Å². The molecule has 2 saturated heterocycles. The quantitative estimate of drug-likeness (QED) is 0.417. The summed E-state index contributed by atoms with van der Waals surface area (Å²) in [6.45, 7) is 6.75. The Morgan fingerprint density at radius 1 is 1.00 bits per heavy atom. The fraction of sp³-hybridized carbons (Fsp3) is 0.750. The van der Waals surface area contributed by atoms with E-state index in [0.717, 1.165) is 52.4 Å². The Morgan fingerprint density at radius 3 is 1.90 bits per heavy atom. The highest BCUT2D eigenvalue weighted by atomic mass is 32.2. The third-order valence-corrected chi connectivity index (χ3v) is 5.67. The first-order valence-corrected chi connectivity index (χ1v) is 10.5. The molecular weight excluding hydrogens is 398 g/mol. The smallest absolute Gasteiger partial charge is 0.327 e. The van der Waals surface area contributed by atoms with Crippen LogP contribution in [0.1, 0.15) is 0 Å². The minimum absolute atomic E-state index is 0.0157. The van der Waals surface area contributed by atoms with Crippen molar-refractivity contribution in [3.63, 3.8) is 0 Å². The summed E-state index contributed by atoms with van der Waals surface area (Å²) in [4.78, 5) is 44.2. The molecule has 1 aromatic rings. The summed E-state index contributed by atoms with van der Waals surface area (Å²) in [7, 11) is 4.15. The van der Waals surface area contributed by atoms with Gasteiger partial charge in [-0.05, 0) is 14.1 Å². The van der Waals surface area contributed by atoms with Gasteiger partial charge in [0.15, 0.2) is 0 Å². The van der Waals surface area contributed by atoms with Crippen molar-refractivity contribution in [2.24, 2.45) is 4.58 Å². The van der Waals surface area contributed by atoms with Crippen LogP contribution in [0.5, 0.6) is 0 Å². The van der Waals surface area contributed by atoms with Gasteiger partial charge in [0.25, 0.3) is 0 Å². The van der Waals surface area contributed by atoms with E-state index in [4.69, 9.17) is 0 Å². The van der Waals surface area contributed by atoms with Gasteiger partial charge in [0.2, 0.25) is 17.8 Å².